The molecule has 0 bridgehead atoms. The molecule has 1 aromatic heterocycles. The molecule has 0 radical (unpaired) electrons. The molecule has 0 spiro atoms. The summed E-state index contributed by atoms with van der Waals surface area (Å²) in [5, 5.41) is -0.0424. The van der Waals surface area contributed by atoms with Gasteiger partial charge in [0.2, 0.25) is 0 Å². The van der Waals surface area contributed by atoms with E-state index in [9.17, 15) is 17.2 Å². The SMILES string of the molecule is CS(=O)c1ncncc1C[B-](F)(F)F.[K+]. The van der Waals surface area contributed by atoms with E-state index in [2.05, 4.69) is 9.97 Å². The molecule has 78 valence electrons. The molecule has 1 atom stereocenters. The third-order valence-electron chi connectivity index (χ3n) is 1.47. The zero-order valence-corrected chi connectivity index (χ0v) is 12.2. The predicted molar refractivity (Wildman–Crippen MR) is 47.1 cm³/mol. The Labute approximate surface area is 130 Å². The Bertz CT molecular complexity index is 362. The molecule has 1 rings (SSSR count). The van der Waals surface area contributed by atoms with Gasteiger partial charge in [-0.15, -0.1) is 0 Å². The minimum atomic E-state index is -4.94. The molecule has 9 heteroatoms. The maximum absolute atomic E-state index is 12.1. The molecule has 0 N–H and O–H groups in total. The van der Waals surface area contributed by atoms with E-state index in [-0.39, 0.29) is 62.0 Å². The van der Waals surface area contributed by atoms with Crippen molar-refractivity contribution < 1.29 is 68.5 Å². The summed E-state index contributed by atoms with van der Waals surface area (Å²) in [6.07, 6.45) is 2.34. The average Bonchev–Trinajstić information content (AvgIpc) is 2.01. The van der Waals surface area contributed by atoms with Crippen molar-refractivity contribution in [3.63, 3.8) is 0 Å². The van der Waals surface area contributed by atoms with Crippen molar-refractivity contribution in [2.45, 2.75) is 11.3 Å². The predicted octanol–water partition coefficient (Wildman–Crippen LogP) is -1.85. The summed E-state index contributed by atoms with van der Waals surface area (Å²) in [5.41, 5.74) is -0.110. The van der Waals surface area contributed by atoms with Crippen molar-refractivity contribution in [1.82, 2.24) is 9.97 Å². The van der Waals surface area contributed by atoms with Crippen LogP contribution in [0.15, 0.2) is 17.6 Å². The van der Waals surface area contributed by atoms with Gasteiger partial charge in [0.1, 0.15) is 11.4 Å². The van der Waals surface area contributed by atoms with E-state index in [0.29, 0.717) is 0 Å². The van der Waals surface area contributed by atoms with Crippen molar-refractivity contribution in [3.8, 4) is 0 Å². The van der Waals surface area contributed by atoms with E-state index >= 15 is 0 Å². The van der Waals surface area contributed by atoms with Gasteiger partial charge in [0.05, 0.1) is 10.8 Å². The largest absolute Gasteiger partial charge is 1.00 e. The number of nitrogens with zero attached hydrogens (tertiary/aromatic N) is 2. The van der Waals surface area contributed by atoms with Crippen LogP contribution in [-0.4, -0.2) is 27.4 Å². The second kappa shape index (κ2) is 6.46. The maximum Gasteiger partial charge on any atom is 1.00 e. The van der Waals surface area contributed by atoms with E-state index in [1.54, 1.807) is 0 Å². The first-order chi connectivity index (χ1) is 6.40. The molecule has 3 nitrogen and oxygen atoms in total. The first-order valence-corrected chi connectivity index (χ1v) is 5.29. The Kier molecular flexibility index (Phi) is 6.77. The summed E-state index contributed by atoms with van der Waals surface area (Å²) >= 11 is 0. The normalized spacial score (nSPS) is 13.1. The number of hydrogen-bond acceptors (Lipinski definition) is 3. The van der Waals surface area contributed by atoms with Gasteiger partial charge >= 0.3 is 58.4 Å². The number of rotatable bonds is 3. The van der Waals surface area contributed by atoms with Crippen LogP contribution in [0.1, 0.15) is 5.56 Å². The van der Waals surface area contributed by atoms with Crippen molar-refractivity contribution >= 4 is 17.8 Å². The van der Waals surface area contributed by atoms with Crippen molar-refractivity contribution in [2.24, 2.45) is 0 Å². The molecule has 15 heavy (non-hydrogen) atoms. The minimum Gasteiger partial charge on any atom is -0.449 e. The van der Waals surface area contributed by atoms with E-state index in [0.717, 1.165) is 12.5 Å². The Balaban J connectivity index is 0.00000196. The summed E-state index contributed by atoms with van der Waals surface area (Å²) in [6.45, 7) is -4.94. The van der Waals surface area contributed by atoms with Crippen molar-refractivity contribution in [1.29, 1.82) is 0 Å². The Morgan fingerprint density at radius 1 is 1.47 bits per heavy atom. The first-order valence-electron chi connectivity index (χ1n) is 3.73. The maximum atomic E-state index is 12.1. The van der Waals surface area contributed by atoms with Gasteiger partial charge in [-0.1, -0.05) is 6.32 Å². The van der Waals surface area contributed by atoms with Crippen LogP contribution < -0.4 is 51.4 Å². The monoisotopic (exact) mass is 262 g/mol. The van der Waals surface area contributed by atoms with Gasteiger partial charge in [0, 0.05) is 12.5 Å². The zero-order chi connectivity index (χ0) is 10.8. The average molecular weight is 262 g/mol. The van der Waals surface area contributed by atoms with Crippen molar-refractivity contribution in [2.75, 3.05) is 6.26 Å². The molecule has 0 aliphatic rings. The molecule has 0 saturated carbocycles. The fourth-order valence-corrected chi connectivity index (χ4v) is 1.70. The van der Waals surface area contributed by atoms with Gasteiger partial charge in [-0.2, -0.15) is 0 Å². The molecule has 0 aromatic carbocycles. The standard InChI is InChI=1S/C6H7BF3N2OS.K/c1-14(13)6-5(2-7(8,9)10)3-11-4-12-6;/h3-4H,2H2,1H3;/q-1;+1. The van der Waals surface area contributed by atoms with Crippen LogP contribution in [0.2, 0.25) is 0 Å². The first kappa shape index (κ1) is 15.7. The van der Waals surface area contributed by atoms with E-state index in [1.807, 2.05) is 0 Å². The summed E-state index contributed by atoms with van der Waals surface area (Å²) in [7, 11) is -1.52. The van der Waals surface area contributed by atoms with E-state index in [4.69, 9.17) is 0 Å². The smallest absolute Gasteiger partial charge is 0.449 e. The summed E-state index contributed by atoms with van der Waals surface area (Å²) < 4.78 is 47.3. The zero-order valence-electron chi connectivity index (χ0n) is 8.28. The molecule has 1 unspecified atom stereocenters. The second-order valence-corrected chi connectivity index (χ2v) is 4.02. The van der Waals surface area contributed by atoms with Crippen LogP contribution in [0, 0.1) is 0 Å². The van der Waals surface area contributed by atoms with Gasteiger partial charge in [0.25, 0.3) is 0 Å². The molecule has 1 heterocycles. The molecule has 1 aromatic rings. The van der Waals surface area contributed by atoms with Gasteiger partial charge in [-0.3, -0.25) is 4.21 Å². The van der Waals surface area contributed by atoms with Crippen LogP contribution in [-0.2, 0) is 17.1 Å². The van der Waals surface area contributed by atoms with E-state index < -0.39 is 24.1 Å². The van der Waals surface area contributed by atoms with Gasteiger partial charge < -0.3 is 12.9 Å². The fraction of sp³-hybridized carbons (Fsp3) is 0.333. The van der Waals surface area contributed by atoms with Crippen LogP contribution in [0.3, 0.4) is 0 Å². The van der Waals surface area contributed by atoms with Crippen LogP contribution in [0.4, 0.5) is 12.9 Å². The van der Waals surface area contributed by atoms with E-state index in [1.165, 1.54) is 6.26 Å². The molecule has 0 saturated heterocycles. The quantitative estimate of drug-likeness (QED) is 0.474. The van der Waals surface area contributed by atoms with Gasteiger partial charge in [-0.25, -0.2) is 9.97 Å². The molecular weight excluding hydrogens is 255 g/mol. The van der Waals surface area contributed by atoms with Crippen molar-refractivity contribution in [3.05, 3.63) is 18.1 Å². The fourth-order valence-electron chi connectivity index (χ4n) is 0.995. The van der Waals surface area contributed by atoms with Crippen LogP contribution >= 0.6 is 0 Å². The second-order valence-electron chi connectivity index (χ2n) is 2.72. The number of hydrogen-bond donors (Lipinski definition) is 0. The molecular formula is C6H7BF3KN2OS. The molecule has 0 aliphatic carbocycles. The number of halogens is 3. The molecule has 0 aliphatic heterocycles. The Hall–Kier alpha value is 0.721. The summed E-state index contributed by atoms with van der Waals surface area (Å²) in [6, 6.07) is 0. The number of aromatic nitrogens is 2. The summed E-state index contributed by atoms with van der Waals surface area (Å²) in [4.78, 5) is 7.04. The topological polar surface area (TPSA) is 42.9 Å². The van der Waals surface area contributed by atoms with Gasteiger partial charge in [0.15, 0.2) is 0 Å². The Morgan fingerprint density at radius 3 is 2.53 bits per heavy atom. The molecule has 0 amide bonds. The summed E-state index contributed by atoms with van der Waals surface area (Å²) in [5.74, 6) is 0. The third kappa shape index (κ3) is 5.55. The third-order valence-corrected chi connectivity index (χ3v) is 2.38. The van der Waals surface area contributed by atoms with Crippen LogP contribution in [0.25, 0.3) is 0 Å². The van der Waals surface area contributed by atoms with Crippen LogP contribution in [0.5, 0.6) is 0 Å². The minimum absolute atomic E-state index is 0. The van der Waals surface area contributed by atoms with Gasteiger partial charge in [-0.05, 0) is 5.56 Å². The molecule has 0 fully saturated rings. The Morgan fingerprint density at radius 2 is 2.07 bits per heavy atom.